The van der Waals surface area contributed by atoms with Crippen LogP contribution in [0.1, 0.15) is 105 Å². The van der Waals surface area contributed by atoms with Gasteiger partial charge in [-0.25, -0.2) is 0 Å². The summed E-state index contributed by atoms with van der Waals surface area (Å²) in [6.07, 6.45) is 18.0. The third-order valence-corrected chi connectivity index (χ3v) is 4.07. The Morgan fingerprint density at radius 2 is 1.15 bits per heavy atom. The van der Waals surface area contributed by atoms with Crippen LogP contribution in [0.2, 0.25) is 0 Å². The molecule has 0 aliphatic carbocycles. The first kappa shape index (κ1) is 19.7. The van der Waals surface area contributed by atoms with Crippen molar-refractivity contribution in [3.63, 3.8) is 0 Å². The number of hydrogen-bond donors (Lipinski definition) is 1. The van der Waals surface area contributed by atoms with E-state index in [1.165, 1.54) is 69.8 Å². The van der Waals surface area contributed by atoms with E-state index in [-0.39, 0.29) is 5.54 Å². The van der Waals surface area contributed by atoms with Crippen LogP contribution in [0.25, 0.3) is 0 Å². The highest BCUT2D eigenvalue weighted by Crippen LogP contribution is 2.23. The van der Waals surface area contributed by atoms with Crippen LogP contribution in [-0.4, -0.2) is 5.54 Å². The molecule has 0 fully saturated rings. The van der Waals surface area contributed by atoms with Crippen molar-refractivity contribution in [3.8, 4) is 0 Å². The first-order valence-electron chi connectivity index (χ1n) is 8.99. The summed E-state index contributed by atoms with van der Waals surface area (Å²) in [7, 11) is 0. The maximum absolute atomic E-state index is 6.65. The molecule has 0 unspecified atom stereocenters. The molecule has 0 radical (unpaired) electrons. The standard InChI is InChI=1S/C19H39N/c1-5-7-9-11-13-15-19(20,17-18(3)4)16-14-12-10-8-6-2/h17H,5-16,20H2,1-4H3. The van der Waals surface area contributed by atoms with E-state index in [0.29, 0.717) is 0 Å². The van der Waals surface area contributed by atoms with Crippen molar-refractivity contribution in [1.29, 1.82) is 0 Å². The highest BCUT2D eigenvalue weighted by molar-refractivity contribution is 5.09. The molecular weight excluding hydrogens is 242 g/mol. The summed E-state index contributed by atoms with van der Waals surface area (Å²) >= 11 is 0. The van der Waals surface area contributed by atoms with Gasteiger partial charge >= 0.3 is 0 Å². The normalized spacial score (nSPS) is 11.7. The molecule has 0 aromatic heterocycles. The fourth-order valence-electron chi connectivity index (χ4n) is 2.96. The van der Waals surface area contributed by atoms with E-state index in [1.807, 2.05) is 0 Å². The van der Waals surface area contributed by atoms with Crippen molar-refractivity contribution >= 4 is 0 Å². The molecule has 0 bridgehead atoms. The van der Waals surface area contributed by atoms with Crippen LogP contribution in [0.4, 0.5) is 0 Å². The van der Waals surface area contributed by atoms with E-state index in [9.17, 15) is 0 Å². The molecule has 0 aromatic rings. The fraction of sp³-hybridized carbons (Fsp3) is 0.895. The predicted molar refractivity (Wildman–Crippen MR) is 93.1 cm³/mol. The van der Waals surface area contributed by atoms with Gasteiger partial charge in [-0.2, -0.15) is 0 Å². The molecule has 1 heteroatoms. The number of unbranched alkanes of at least 4 members (excludes halogenated alkanes) is 8. The number of hydrogen-bond acceptors (Lipinski definition) is 1. The molecular formula is C19H39N. The third kappa shape index (κ3) is 11.5. The Morgan fingerprint density at radius 3 is 1.50 bits per heavy atom. The van der Waals surface area contributed by atoms with Gasteiger partial charge in [-0.1, -0.05) is 89.7 Å². The maximum Gasteiger partial charge on any atom is 0.0341 e. The number of nitrogens with two attached hydrogens (primary N) is 1. The van der Waals surface area contributed by atoms with Gasteiger partial charge in [0.15, 0.2) is 0 Å². The second kappa shape index (κ2) is 12.4. The lowest BCUT2D eigenvalue weighted by molar-refractivity contribution is 0.402. The van der Waals surface area contributed by atoms with E-state index in [1.54, 1.807) is 0 Å². The SMILES string of the molecule is CCCCCCCC(N)(C=C(C)C)CCCCCCC. The molecule has 0 aliphatic rings. The summed E-state index contributed by atoms with van der Waals surface area (Å²) in [6.45, 7) is 8.89. The Kier molecular flexibility index (Phi) is 12.3. The van der Waals surface area contributed by atoms with Crippen molar-refractivity contribution in [1.82, 2.24) is 0 Å². The van der Waals surface area contributed by atoms with Gasteiger partial charge in [0.2, 0.25) is 0 Å². The summed E-state index contributed by atoms with van der Waals surface area (Å²) in [5.41, 5.74) is 7.98. The van der Waals surface area contributed by atoms with Gasteiger partial charge in [-0.05, 0) is 26.7 Å². The van der Waals surface area contributed by atoms with Crippen molar-refractivity contribution in [2.45, 2.75) is 110 Å². The number of allylic oxidation sites excluding steroid dienone is 1. The van der Waals surface area contributed by atoms with E-state index in [2.05, 4.69) is 33.8 Å². The van der Waals surface area contributed by atoms with Gasteiger partial charge in [0.05, 0.1) is 0 Å². The van der Waals surface area contributed by atoms with Gasteiger partial charge in [-0.15, -0.1) is 0 Å². The molecule has 0 rings (SSSR count). The topological polar surface area (TPSA) is 26.0 Å². The zero-order chi connectivity index (χ0) is 15.3. The van der Waals surface area contributed by atoms with E-state index >= 15 is 0 Å². The van der Waals surface area contributed by atoms with Crippen molar-refractivity contribution < 1.29 is 0 Å². The van der Waals surface area contributed by atoms with E-state index < -0.39 is 0 Å². The van der Waals surface area contributed by atoms with Crippen LogP contribution in [-0.2, 0) is 0 Å². The lowest BCUT2D eigenvalue weighted by atomic mass is 9.85. The van der Waals surface area contributed by atoms with Crippen molar-refractivity contribution in [3.05, 3.63) is 11.6 Å². The molecule has 0 spiro atoms. The summed E-state index contributed by atoms with van der Waals surface area (Å²) in [6, 6.07) is 0. The Hall–Kier alpha value is -0.300. The molecule has 0 atom stereocenters. The zero-order valence-corrected chi connectivity index (χ0v) is 14.6. The number of rotatable bonds is 13. The maximum atomic E-state index is 6.65. The minimum Gasteiger partial charge on any atom is -0.322 e. The van der Waals surface area contributed by atoms with E-state index in [0.717, 1.165) is 12.8 Å². The van der Waals surface area contributed by atoms with Crippen LogP contribution in [0.5, 0.6) is 0 Å². The van der Waals surface area contributed by atoms with Crippen LogP contribution in [0.15, 0.2) is 11.6 Å². The van der Waals surface area contributed by atoms with Gasteiger partial charge in [0.25, 0.3) is 0 Å². The smallest absolute Gasteiger partial charge is 0.0341 e. The van der Waals surface area contributed by atoms with E-state index in [4.69, 9.17) is 5.73 Å². The molecule has 0 saturated carbocycles. The lowest BCUT2D eigenvalue weighted by Gasteiger charge is -2.27. The van der Waals surface area contributed by atoms with Gasteiger partial charge < -0.3 is 5.73 Å². The molecule has 0 heterocycles. The first-order chi connectivity index (χ1) is 9.54. The minimum atomic E-state index is -0.0444. The molecule has 120 valence electrons. The molecule has 0 saturated heterocycles. The van der Waals surface area contributed by atoms with Gasteiger partial charge in [-0.3, -0.25) is 0 Å². The fourth-order valence-corrected chi connectivity index (χ4v) is 2.96. The second-order valence-electron chi connectivity index (χ2n) is 6.78. The largest absolute Gasteiger partial charge is 0.322 e. The Bertz CT molecular complexity index is 224. The summed E-state index contributed by atoms with van der Waals surface area (Å²) in [5.74, 6) is 0. The molecule has 1 nitrogen and oxygen atoms in total. The highest BCUT2D eigenvalue weighted by atomic mass is 14.7. The van der Waals surface area contributed by atoms with Gasteiger partial charge in [0.1, 0.15) is 0 Å². The average molecular weight is 282 g/mol. The zero-order valence-electron chi connectivity index (χ0n) is 14.6. The average Bonchev–Trinajstić information content (AvgIpc) is 2.37. The monoisotopic (exact) mass is 281 g/mol. The Morgan fingerprint density at radius 1 is 0.750 bits per heavy atom. The second-order valence-corrected chi connectivity index (χ2v) is 6.78. The highest BCUT2D eigenvalue weighted by Gasteiger charge is 2.20. The van der Waals surface area contributed by atoms with Crippen LogP contribution in [0.3, 0.4) is 0 Å². The van der Waals surface area contributed by atoms with Crippen LogP contribution < -0.4 is 5.73 Å². The Balaban J connectivity index is 4.05. The molecule has 0 amide bonds. The summed E-state index contributed by atoms with van der Waals surface area (Å²) in [5, 5.41) is 0. The quantitative estimate of drug-likeness (QED) is 0.308. The van der Waals surface area contributed by atoms with Gasteiger partial charge in [0, 0.05) is 5.54 Å². The Labute approximate surface area is 128 Å². The minimum absolute atomic E-state index is 0.0444. The lowest BCUT2D eigenvalue weighted by Crippen LogP contribution is -2.37. The van der Waals surface area contributed by atoms with Crippen molar-refractivity contribution in [2.24, 2.45) is 5.73 Å². The summed E-state index contributed by atoms with van der Waals surface area (Å²) in [4.78, 5) is 0. The van der Waals surface area contributed by atoms with Crippen molar-refractivity contribution in [2.75, 3.05) is 0 Å². The molecule has 2 N–H and O–H groups in total. The summed E-state index contributed by atoms with van der Waals surface area (Å²) < 4.78 is 0. The predicted octanol–water partition coefficient (Wildman–Crippen LogP) is 6.37. The van der Waals surface area contributed by atoms with Crippen LogP contribution >= 0.6 is 0 Å². The molecule has 20 heavy (non-hydrogen) atoms. The molecule has 0 aliphatic heterocycles. The van der Waals surface area contributed by atoms with Crippen LogP contribution in [0, 0.1) is 0 Å². The third-order valence-electron chi connectivity index (χ3n) is 4.07. The molecule has 0 aromatic carbocycles. The first-order valence-corrected chi connectivity index (χ1v) is 8.99.